The van der Waals surface area contributed by atoms with E-state index >= 15 is 0 Å². The van der Waals surface area contributed by atoms with Gasteiger partial charge in [0.25, 0.3) is 0 Å². The van der Waals surface area contributed by atoms with Gasteiger partial charge < -0.3 is 20.1 Å². The standard InChI is InChI=1S/C3H6O4.K.Zr/c4-1-2(5)3(6)7;;/h2,4-5H,1H2,(H,6,7);;/q;+1;/p-1. The molecule has 0 aliphatic carbocycles. The predicted molar refractivity (Wildman–Crippen MR) is 18.1 cm³/mol. The molecule has 0 spiro atoms. The Kier molecular flexibility index (Phi) is 18.9. The van der Waals surface area contributed by atoms with Crippen molar-refractivity contribution >= 4 is 5.97 Å². The fourth-order valence-electron chi connectivity index (χ4n) is 0.0745. The predicted octanol–water partition coefficient (Wildman–Crippen LogP) is -5.91. The van der Waals surface area contributed by atoms with Crippen LogP contribution in [0.5, 0.6) is 0 Å². The number of rotatable bonds is 2. The van der Waals surface area contributed by atoms with E-state index in [2.05, 4.69) is 0 Å². The van der Waals surface area contributed by atoms with Crippen LogP contribution < -0.4 is 56.5 Å². The molecule has 0 bridgehead atoms. The van der Waals surface area contributed by atoms with Gasteiger partial charge in [0, 0.05) is 26.2 Å². The van der Waals surface area contributed by atoms with Crippen LogP contribution in [0, 0.1) is 0 Å². The van der Waals surface area contributed by atoms with Crippen molar-refractivity contribution in [1.29, 1.82) is 0 Å². The molecule has 0 fully saturated rings. The van der Waals surface area contributed by atoms with Crippen molar-refractivity contribution in [3.8, 4) is 0 Å². The van der Waals surface area contributed by atoms with Crippen LogP contribution in [-0.4, -0.2) is 28.9 Å². The Labute approximate surface area is 114 Å². The Balaban J connectivity index is -0.000000180. The smallest absolute Gasteiger partial charge is 0.547 e. The molecule has 1 unspecified atom stereocenters. The quantitative estimate of drug-likeness (QED) is 0.467. The molecule has 0 heterocycles. The molecule has 0 aliphatic rings. The number of carboxylic acids is 1. The van der Waals surface area contributed by atoms with Crippen LogP contribution in [0.3, 0.4) is 0 Å². The van der Waals surface area contributed by atoms with E-state index in [-0.39, 0.29) is 77.6 Å². The zero-order chi connectivity index (χ0) is 5.86. The molecular weight excluding hydrogens is 230 g/mol. The van der Waals surface area contributed by atoms with Gasteiger partial charge in [0.05, 0.1) is 12.6 Å². The van der Waals surface area contributed by atoms with E-state index < -0.39 is 18.7 Å². The monoisotopic (exact) mass is 234 g/mol. The number of aliphatic hydroxyl groups is 2. The van der Waals surface area contributed by atoms with E-state index in [1.54, 1.807) is 0 Å². The SMILES string of the molecule is O=C([O-])C(O)CO.[K+].[Zr]. The molecule has 0 aliphatic heterocycles. The first-order chi connectivity index (χ1) is 3.18. The third-order valence-electron chi connectivity index (χ3n) is 0.445. The summed E-state index contributed by atoms with van der Waals surface area (Å²) >= 11 is 0. The van der Waals surface area contributed by atoms with Gasteiger partial charge in [0.2, 0.25) is 0 Å². The van der Waals surface area contributed by atoms with Crippen molar-refractivity contribution in [2.75, 3.05) is 6.61 Å². The molecule has 2 N–H and O–H groups in total. The van der Waals surface area contributed by atoms with Gasteiger partial charge in [-0.25, -0.2) is 0 Å². The summed E-state index contributed by atoms with van der Waals surface area (Å²) in [5.41, 5.74) is 0. The van der Waals surface area contributed by atoms with E-state index in [1.165, 1.54) is 0 Å². The molecule has 9 heavy (non-hydrogen) atoms. The van der Waals surface area contributed by atoms with Crippen molar-refractivity contribution in [3.05, 3.63) is 0 Å². The van der Waals surface area contributed by atoms with E-state index in [0.717, 1.165) is 0 Å². The van der Waals surface area contributed by atoms with Crippen molar-refractivity contribution in [2.24, 2.45) is 0 Å². The summed E-state index contributed by atoms with van der Waals surface area (Å²) in [4.78, 5) is 9.41. The van der Waals surface area contributed by atoms with Crippen molar-refractivity contribution in [1.82, 2.24) is 0 Å². The molecule has 0 aromatic rings. The number of carbonyl (C=O) groups is 1. The van der Waals surface area contributed by atoms with E-state index in [4.69, 9.17) is 10.2 Å². The Morgan fingerprint density at radius 2 is 2.00 bits per heavy atom. The summed E-state index contributed by atoms with van der Waals surface area (Å²) in [6.07, 6.45) is -1.74. The molecule has 0 saturated carbocycles. The molecule has 4 nitrogen and oxygen atoms in total. The molecule has 0 rings (SSSR count). The fourth-order valence-corrected chi connectivity index (χ4v) is 0.0745. The van der Waals surface area contributed by atoms with Gasteiger partial charge in [-0.15, -0.1) is 0 Å². The van der Waals surface area contributed by atoms with Crippen molar-refractivity contribution in [3.63, 3.8) is 0 Å². The van der Waals surface area contributed by atoms with Gasteiger partial charge in [-0.05, 0) is 0 Å². The number of aliphatic hydroxyl groups excluding tert-OH is 2. The van der Waals surface area contributed by atoms with Crippen LogP contribution in [0.15, 0.2) is 0 Å². The second-order valence-electron chi connectivity index (χ2n) is 1.02. The van der Waals surface area contributed by atoms with E-state index in [1.807, 2.05) is 0 Å². The van der Waals surface area contributed by atoms with Crippen LogP contribution in [-0.2, 0) is 31.0 Å². The maximum atomic E-state index is 9.41. The van der Waals surface area contributed by atoms with Crippen LogP contribution in [0.1, 0.15) is 0 Å². The number of aliphatic carboxylic acids is 1. The summed E-state index contributed by atoms with van der Waals surface area (Å²) < 4.78 is 0. The molecular formula is C3H5KO4Zr. The second-order valence-corrected chi connectivity index (χ2v) is 1.02. The maximum Gasteiger partial charge on any atom is 1.00 e. The van der Waals surface area contributed by atoms with Gasteiger partial charge in [0.1, 0.15) is 6.10 Å². The summed E-state index contributed by atoms with van der Waals surface area (Å²) in [7, 11) is 0. The average Bonchev–Trinajstić information content (AvgIpc) is 1.65. The number of hydrogen-bond acceptors (Lipinski definition) is 4. The molecule has 0 aromatic carbocycles. The molecule has 0 saturated heterocycles. The average molecular weight is 235 g/mol. The Morgan fingerprint density at radius 3 is 2.00 bits per heavy atom. The van der Waals surface area contributed by atoms with Gasteiger partial charge in [-0.1, -0.05) is 0 Å². The minimum absolute atomic E-state index is 0. The minimum atomic E-state index is -1.74. The number of carbonyl (C=O) groups excluding carboxylic acids is 1. The first kappa shape index (κ1) is 17.1. The number of carboxylic acid groups (broad SMARTS) is 1. The fraction of sp³-hybridized carbons (Fsp3) is 0.667. The molecule has 46 valence electrons. The van der Waals surface area contributed by atoms with Crippen LogP contribution in [0.25, 0.3) is 0 Å². The molecule has 0 aromatic heterocycles. The van der Waals surface area contributed by atoms with Crippen LogP contribution in [0.4, 0.5) is 0 Å². The van der Waals surface area contributed by atoms with Gasteiger partial charge in [-0.2, -0.15) is 0 Å². The Hall–Kier alpha value is 1.91. The largest absolute Gasteiger partial charge is 1.00 e. The van der Waals surface area contributed by atoms with E-state index in [0.29, 0.717) is 0 Å². The van der Waals surface area contributed by atoms with Crippen molar-refractivity contribution in [2.45, 2.75) is 6.10 Å². The summed E-state index contributed by atoms with van der Waals surface area (Å²) in [6.45, 7) is -0.789. The van der Waals surface area contributed by atoms with Crippen LogP contribution >= 0.6 is 0 Å². The third-order valence-corrected chi connectivity index (χ3v) is 0.445. The molecule has 6 heteroatoms. The van der Waals surface area contributed by atoms with Crippen LogP contribution in [0.2, 0.25) is 0 Å². The van der Waals surface area contributed by atoms with Gasteiger partial charge >= 0.3 is 51.4 Å². The maximum absolute atomic E-state index is 9.41. The third kappa shape index (κ3) is 9.91. The summed E-state index contributed by atoms with van der Waals surface area (Å²) in [5, 5.41) is 25.3. The molecule has 1 atom stereocenters. The Morgan fingerprint density at radius 1 is 1.67 bits per heavy atom. The Bertz CT molecular complexity index is 78.2. The zero-order valence-corrected chi connectivity index (χ0v) is 10.6. The minimum Gasteiger partial charge on any atom is -0.547 e. The first-order valence-electron chi connectivity index (χ1n) is 1.68. The first-order valence-corrected chi connectivity index (χ1v) is 1.68. The second kappa shape index (κ2) is 9.91. The topological polar surface area (TPSA) is 80.6 Å². The van der Waals surface area contributed by atoms with E-state index in [9.17, 15) is 9.90 Å². The normalized spacial score (nSPS) is 10.4. The molecule has 0 radical (unpaired) electrons. The summed E-state index contributed by atoms with van der Waals surface area (Å²) in [6, 6.07) is 0. The van der Waals surface area contributed by atoms with Gasteiger partial charge in [0.15, 0.2) is 0 Å². The summed E-state index contributed by atoms with van der Waals surface area (Å²) in [5.74, 6) is -1.65. The van der Waals surface area contributed by atoms with Gasteiger partial charge in [-0.3, -0.25) is 0 Å². The molecule has 0 amide bonds. The zero-order valence-electron chi connectivity index (χ0n) is 5.00. The number of hydrogen-bond donors (Lipinski definition) is 2. The van der Waals surface area contributed by atoms with Crippen molar-refractivity contribution < 1.29 is 97.7 Å².